The van der Waals surface area contributed by atoms with Crippen molar-refractivity contribution in [3.8, 4) is 0 Å². The minimum absolute atomic E-state index is 0.0588. The molecule has 0 amide bonds. The molecule has 0 aliphatic rings. The van der Waals surface area contributed by atoms with Crippen LogP contribution in [0.4, 0.5) is 18.9 Å². The molecule has 0 bridgehead atoms. The molecule has 0 aliphatic heterocycles. The van der Waals surface area contributed by atoms with Crippen LogP contribution in [0.1, 0.15) is 25.3 Å². The highest BCUT2D eigenvalue weighted by molar-refractivity contribution is 6.30. The molecule has 0 saturated heterocycles. The highest BCUT2D eigenvalue weighted by Crippen LogP contribution is 2.36. The Balaban J connectivity index is 2.91. The molecule has 0 aromatic heterocycles. The quantitative estimate of drug-likeness (QED) is 0.736. The number of halogens is 4. The Hall–Kier alpha value is -1.16. The fourth-order valence-electron chi connectivity index (χ4n) is 1.58. The van der Waals surface area contributed by atoms with Crippen LogP contribution in [0.5, 0.6) is 0 Å². The molecule has 0 heterocycles. The van der Waals surface area contributed by atoms with Gasteiger partial charge in [0.15, 0.2) is 0 Å². The van der Waals surface area contributed by atoms with Crippen molar-refractivity contribution in [2.24, 2.45) is 0 Å². The van der Waals surface area contributed by atoms with Crippen LogP contribution in [0.3, 0.4) is 0 Å². The molecule has 0 radical (unpaired) electrons. The zero-order valence-corrected chi connectivity index (χ0v) is 10.8. The van der Waals surface area contributed by atoms with Crippen LogP contribution in [-0.2, 0) is 6.18 Å². The minimum atomic E-state index is -4.41. The number of alkyl halides is 3. The molecule has 1 N–H and O–H groups in total. The van der Waals surface area contributed by atoms with E-state index < -0.39 is 11.7 Å². The van der Waals surface area contributed by atoms with Crippen molar-refractivity contribution in [1.82, 2.24) is 0 Å². The zero-order valence-electron chi connectivity index (χ0n) is 10.0. The second kappa shape index (κ2) is 6.14. The second-order valence-corrected chi connectivity index (χ2v) is 4.54. The summed E-state index contributed by atoms with van der Waals surface area (Å²) >= 11 is 5.60. The van der Waals surface area contributed by atoms with Gasteiger partial charge in [0.1, 0.15) is 0 Å². The number of anilines is 1. The fraction of sp³-hybridized carbons (Fsp3) is 0.385. The first-order chi connectivity index (χ1) is 8.34. The van der Waals surface area contributed by atoms with Crippen molar-refractivity contribution in [2.75, 3.05) is 5.32 Å². The molecule has 0 fully saturated rings. The smallest absolute Gasteiger partial charge is 0.382 e. The summed E-state index contributed by atoms with van der Waals surface area (Å²) in [6.07, 6.45) is -1.19. The van der Waals surface area contributed by atoms with Crippen LogP contribution in [0.15, 0.2) is 30.9 Å². The van der Waals surface area contributed by atoms with Gasteiger partial charge in [0.2, 0.25) is 0 Å². The van der Waals surface area contributed by atoms with E-state index >= 15 is 0 Å². The lowest BCUT2D eigenvalue weighted by Gasteiger charge is -2.19. The monoisotopic (exact) mass is 277 g/mol. The molecule has 1 atom stereocenters. The summed E-state index contributed by atoms with van der Waals surface area (Å²) in [6, 6.07) is 3.67. The van der Waals surface area contributed by atoms with E-state index in [1.807, 2.05) is 6.92 Å². The van der Waals surface area contributed by atoms with Gasteiger partial charge in [-0.05, 0) is 38.0 Å². The zero-order chi connectivity index (χ0) is 13.8. The first-order valence-electron chi connectivity index (χ1n) is 5.58. The third kappa shape index (κ3) is 4.26. The van der Waals surface area contributed by atoms with Crippen LogP contribution in [-0.4, -0.2) is 6.04 Å². The van der Waals surface area contributed by atoms with Gasteiger partial charge in [0, 0.05) is 16.8 Å². The summed E-state index contributed by atoms with van der Waals surface area (Å²) in [7, 11) is 0. The molecule has 0 spiro atoms. The number of rotatable bonds is 5. The van der Waals surface area contributed by atoms with Crippen molar-refractivity contribution in [3.05, 3.63) is 41.4 Å². The lowest BCUT2D eigenvalue weighted by Crippen LogP contribution is -2.18. The third-order valence-corrected chi connectivity index (χ3v) is 2.73. The van der Waals surface area contributed by atoms with Crippen LogP contribution in [0, 0.1) is 0 Å². The van der Waals surface area contributed by atoms with Crippen molar-refractivity contribution >= 4 is 17.3 Å². The molecular formula is C13H15ClF3N. The summed E-state index contributed by atoms with van der Waals surface area (Å²) in [6.45, 7) is 5.41. The van der Waals surface area contributed by atoms with E-state index in [0.717, 1.165) is 18.9 Å². The van der Waals surface area contributed by atoms with Gasteiger partial charge in [-0.15, -0.1) is 6.58 Å². The lowest BCUT2D eigenvalue weighted by atomic mass is 10.1. The summed E-state index contributed by atoms with van der Waals surface area (Å²) < 4.78 is 38.4. The predicted molar refractivity (Wildman–Crippen MR) is 69.0 cm³/mol. The van der Waals surface area contributed by atoms with Crippen molar-refractivity contribution < 1.29 is 13.2 Å². The van der Waals surface area contributed by atoms with Gasteiger partial charge >= 0.3 is 6.18 Å². The summed E-state index contributed by atoms with van der Waals surface area (Å²) in [4.78, 5) is 0. The Morgan fingerprint density at radius 1 is 1.44 bits per heavy atom. The molecule has 18 heavy (non-hydrogen) atoms. The van der Waals surface area contributed by atoms with E-state index in [0.29, 0.717) is 0 Å². The number of hydrogen-bond acceptors (Lipinski definition) is 1. The van der Waals surface area contributed by atoms with Gasteiger partial charge in [0.25, 0.3) is 0 Å². The van der Waals surface area contributed by atoms with Crippen LogP contribution in [0.25, 0.3) is 0 Å². The second-order valence-electron chi connectivity index (χ2n) is 4.10. The molecule has 0 aliphatic carbocycles. The predicted octanol–water partition coefficient (Wildman–Crippen LogP) is 5.13. The van der Waals surface area contributed by atoms with E-state index in [-0.39, 0.29) is 16.8 Å². The highest BCUT2D eigenvalue weighted by atomic mass is 35.5. The summed E-state index contributed by atoms with van der Waals surface area (Å²) in [5.74, 6) is 0. The van der Waals surface area contributed by atoms with Crippen LogP contribution >= 0.6 is 11.6 Å². The number of nitrogens with one attached hydrogen (secondary N) is 1. The number of hydrogen-bond donors (Lipinski definition) is 1. The lowest BCUT2D eigenvalue weighted by molar-refractivity contribution is -0.137. The maximum atomic E-state index is 12.8. The largest absolute Gasteiger partial charge is 0.418 e. The first-order valence-corrected chi connectivity index (χ1v) is 5.96. The molecule has 1 aromatic rings. The maximum Gasteiger partial charge on any atom is 0.418 e. The van der Waals surface area contributed by atoms with Gasteiger partial charge in [0.05, 0.1) is 5.56 Å². The Morgan fingerprint density at radius 2 is 2.11 bits per heavy atom. The van der Waals surface area contributed by atoms with Gasteiger partial charge in [-0.1, -0.05) is 17.7 Å². The van der Waals surface area contributed by atoms with E-state index in [9.17, 15) is 13.2 Å². The Morgan fingerprint density at radius 3 is 2.67 bits per heavy atom. The SMILES string of the molecule is C=CCCC(C)Nc1ccc(Cl)cc1C(F)(F)F. The van der Waals surface area contributed by atoms with Crippen molar-refractivity contribution in [1.29, 1.82) is 0 Å². The van der Waals surface area contributed by atoms with E-state index in [4.69, 9.17) is 11.6 Å². The highest BCUT2D eigenvalue weighted by Gasteiger charge is 2.33. The summed E-state index contributed by atoms with van der Waals surface area (Å²) in [5, 5.41) is 2.93. The fourth-order valence-corrected chi connectivity index (χ4v) is 1.75. The first kappa shape index (κ1) is 14.9. The number of benzene rings is 1. The van der Waals surface area contributed by atoms with Crippen molar-refractivity contribution in [2.45, 2.75) is 32.0 Å². The summed E-state index contributed by atoms with van der Waals surface area (Å²) in [5.41, 5.74) is -0.677. The molecule has 1 aromatic carbocycles. The van der Waals surface area contributed by atoms with Gasteiger partial charge in [-0.2, -0.15) is 13.2 Å². The van der Waals surface area contributed by atoms with E-state index in [2.05, 4.69) is 11.9 Å². The number of allylic oxidation sites excluding steroid dienone is 1. The normalized spacial score (nSPS) is 13.2. The Bertz CT molecular complexity index is 415. The van der Waals surface area contributed by atoms with Gasteiger partial charge in [-0.25, -0.2) is 0 Å². The Kier molecular flexibility index (Phi) is 5.08. The average molecular weight is 278 g/mol. The standard InChI is InChI=1S/C13H15ClF3N/c1-3-4-5-9(2)18-12-7-6-10(14)8-11(12)13(15,16)17/h3,6-9,18H,1,4-5H2,2H3. The van der Waals surface area contributed by atoms with E-state index in [1.165, 1.54) is 12.1 Å². The molecule has 1 rings (SSSR count). The average Bonchev–Trinajstić information content (AvgIpc) is 2.27. The van der Waals surface area contributed by atoms with Gasteiger partial charge < -0.3 is 5.32 Å². The molecule has 100 valence electrons. The molecular weight excluding hydrogens is 263 g/mol. The van der Waals surface area contributed by atoms with Crippen LogP contribution < -0.4 is 5.32 Å². The topological polar surface area (TPSA) is 12.0 Å². The molecule has 5 heteroatoms. The van der Waals surface area contributed by atoms with Crippen molar-refractivity contribution in [3.63, 3.8) is 0 Å². The molecule has 1 unspecified atom stereocenters. The molecule has 1 nitrogen and oxygen atoms in total. The third-order valence-electron chi connectivity index (χ3n) is 2.49. The molecule has 0 saturated carbocycles. The maximum absolute atomic E-state index is 12.8. The van der Waals surface area contributed by atoms with E-state index in [1.54, 1.807) is 6.08 Å². The van der Waals surface area contributed by atoms with Crippen LogP contribution in [0.2, 0.25) is 5.02 Å². The Labute approximate surface area is 110 Å². The minimum Gasteiger partial charge on any atom is -0.382 e. The van der Waals surface area contributed by atoms with Gasteiger partial charge in [-0.3, -0.25) is 0 Å².